The van der Waals surface area contributed by atoms with E-state index in [2.05, 4.69) is 86.7 Å². The summed E-state index contributed by atoms with van der Waals surface area (Å²) in [4.78, 5) is 50.2. The van der Waals surface area contributed by atoms with Crippen molar-refractivity contribution in [3.8, 4) is 35.1 Å². The molecule has 402 valence electrons. The number of hydrogen-bond donors (Lipinski definition) is 0. The first-order valence-electron chi connectivity index (χ1n) is 27.5. The molecule has 3 atom stereocenters. The van der Waals surface area contributed by atoms with Gasteiger partial charge in [-0.15, -0.1) is 0 Å². The van der Waals surface area contributed by atoms with Gasteiger partial charge >= 0.3 is 0 Å². The average molecular weight is 1050 g/mol. The summed E-state index contributed by atoms with van der Waals surface area (Å²) >= 11 is 0. The average Bonchev–Trinajstić information content (AvgIpc) is 3.51. The van der Waals surface area contributed by atoms with Crippen LogP contribution >= 0.6 is 0 Å². The number of unbranched alkanes of at least 4 members (excludes halogenated alkanes) is 2. The minimum Gasteiger partial charge on any atom is -0.486 e. The number of aromatic nitrogens is 2. The summed E-state index contributed by atoms with van der Waals surface area (Å²) in [6, 6.07) is 38.0. The second-order valence-electron chi connectivity index (χ2n) is 20.4. The summed E-state index contributed by atoms with van der Waals surface area (Å²) in [6.07, 6.45) is 7.54. The fourth-order valence-corrected chi connectivity index (χ4v) is 11.3. The number of pyridine rings is 2. The molecule has 0 saturated carbocycles. The molecule has 10 rings (SSSR count). The van der Waals surface area contributed by atoms with Crippen molar-refractivity contribution in [3.05, 3.63) is 155 Å². The third-order valence-corrected chi connectivity index (χ3v) is 15.6. The molecule has 2 aromatic heterocycles. The lowest BCUT2D eigenvalue weighted by Crippen LogP contribution is -2.53. The zero-order valence-corrected chi connectivity index (χ0v) is 44.9. The van der Waals surface area contributed by atoms with Crippen LogP contribution < -0.4 is 38.5 Å². The number of benzene rings is 4. The van der Waals surface area contributed by atoms with Gasteiger partial charge in [-0.25, -0.2) is 9.97 Å². The van der Waals surface area contributed by atoms with Crippen molar-refractivity contribution in [2.24, 2.45) is 0 Å². The molecule has 0 aliphatic carbocycles. The lowest BCUT2D eigenvalue weighted by molar-refractivity contribution is 0.0966. The van der Waals surface area contributed by atoms with Crippen molar-refractivity contribution < 1.29 is 28.5 Å². The number of nitriles is 2. The summed E-state index contributed by atoms with van der Waals surface area (Å²) in [7, 11) is 0. The summed E-state index contributed by atoms with van der Waals surface area (Å²) < 4.78 is 26.5. The van der Waals surface area contributed by atoms with Crippen LogP contribution in [0.1, 0.15) is 95.3 Å². The predicted octanol–water partition coefficient (Wildman–Crippen LogP) is 9.19. The lowest BCUT2D eigenvalue weighted by atomic mass is 9.84. The number of amides is 2. The molecule has 0 N–H and O–H groups in total. The van der Waals surface area contributed by atoms with Gasteiger partial charge in [0.05, 0.1) is 34.6 Å². The van der Waals surface area contributed by atoms with Crippen LogP contribution in [0.3, 0.4) is 0 Å². The van der Waals surface area contributed by atoms with Crippen LogP contribution in [-0.4, -0.2) is 136 Å². The smallest absolute Gasteiger partial charge is 0.259 e. The van der Waals surface area contributed by atoms with E-state index in [1.807, 2.05) is 36.4 Å². The number of nitrogens with zero attached hydrogens (tertiary/aromatic N) is 10. The monoisotopic (exact) mass is 1050 g/mol. The molecule has 0 radical (unpaired) electrons. The normalized spacial score (nSPS) is 16.5. The maximum atomic E-state index is 14.0. The summed E-state index contributed by atoms with van der Waals surface area (Å²) in [5, 5.41) is 18.7. The fraction of sp³-hybridized carbons (Fsp3) is 0.387. The molecular formula is C62H68N10O6. The van der Waals surface area contributed by atoms with Gasteiger partial charge < -0.3 is 28.7 Å². The van der Waals surface area contributed by atoms with Gasteiger partial charge in [0, 0.05) is 118 Å². The van der Waals surface area contributed by atoms with Gasteiger partial charge in [-0.3, -0.25) is 29.2 Å². The van der Waals surface area contributed by atoms with E-state index in [4.69, 9.17) is 18.9 Å². The molecule has 2 unspecified atom stereocenters. The van der Waals surface area contributed by atoms with Crippen LogP contribution in [-0.2, 0) is 0 Å². The van der Waals surface area contributed by atoms with E-state index in [1.54, 1.807) is 70.7 Å². The van der Waals surface area contributed by atoms with Gasteiger partial charge in [0.2, 0.25) is 0 Å². The van der Waals surface area contributed by atoms with Crippen LogP contribution in [0.4, 0.5) is 23.0 Å². The van der Waals surface area contributed by atoms with Crippen molar-refractivity contribution in [2.45, 2.75) is 64.5 Å². The molecule has 2 saturated heterocycles. The fourth-order valence-electron chi connectivity index (χ4n) is 11.3. The lowest BCUT2D eigenvalue weighted by Gasteiger charge is -2.41. The molecule has 16 nitrogen and oxygen atoms in total. The van der Waals surface area contributed by atoms with Gasteiger partial charge in [-0.1, -0.05) is 50.5 Å². The van der Waals surface area contributed by atoms with Gasteiger partial charge in [0.15, 0.2) is 23.0 Å². The standard InChI is InChI=1S/C62H68N10O6/c1-4-5-6-11-50(51-22-24-53(59-57(51)75-36-38-77-59)69-32-28-67(29-33-69)44(2)42-71(55-12-7-9-26-65-55)61(73)48-18-14-46(40-63)15-19-48)52-23-25-54(60-58(52)76-37-39-78-60)70-34-30-68(31-35-70)45(3)43-72(56-13-8-10-27-66-56)62(74)49-20-16-47(41-64)17-21-49/h7-10,12-27,44-45,50H,4-6,11,28-39,42-43H2,1-3H3/t44-,45?,50?/m0/s1. The van der Waals surface area contributed by atoms with Crippen molar-refractivity contribution >= 4 is 34.8 Å². The van der Waals surface area contributed by atoms with Crippen molar-refractivity contribution in [3.63, 3.8) is 0 Å². The Morgan fingerprint density at radius 3 is 1.32 bits per heavy atom. The number of hydrogen-bond acceptors (Lipinski definition) is 14. The molecule has 6 heterocycles. The minimum absolute atomic E-state index is 0.0356. The SMILES string of the molecule is CCCCCC(c1ccc(N2CCN(C(C)CN(C(=O)c3ccc(C#N)cc3)c3ccccn3)CC2)c2c1OCCO2)c1ccc(N2CCN([C@@H](C)CN(C(=O)c3ccc(C#N)cc3)c3ccccn3)CC2)c2c1OCCO2. The highest BCUT2D eigenvalue weighted by Crippen LogP contribution is 2.52. The molecule has 0 bridgehead atoms. The van der Waals surface area contributed by atoms with Crippen molar-refractivity contribution in [1.82, 2.24) is 19.8 Å². The summed E-state index contributed by atoms with van der Waals surface area (Å²) in [5.41, 5.74) is 6.24. The molecule has 0 spiro atoms. The van der Waals surface area contributed by atoms with E-state index < -0.39 is 0 Å². The Labute approximate surface area is 457 Å². The van der Waals surface area contributed by atoms with E-state index in [0.29, 0.717) is 73.4 Å². The molecule has 2 fully saturated rings. The van der Waals surface area contributed by atoms with Gasteiger partial charge in [-0.05, 0) is 105 Å². The number of piperazine rings is 2. The number of fused-ring (bicyclic) bond motifs is 2. The van der Waals surface area contributed by atoms with Crippen LogP contribution in [0, 0.1) is 22.7 Å². The Balaban J connectivity index is 0.842. The second-order valence-corrected chi connectivity index (χ2v) is 20.4. The number of ether oxygens (including phenoxy) is 4. The molecule has 78 heavy (non-hydrogen) atoms. The minimum atomic E-state index is -0.156. The largest absolute Gasteiger partial charge is 0.486 e. The van der Waals surface area contributed by atoms with Gasteiger partial charge in [-0.2, -0.15) is 10.5 Å². The topological polar surface area (TPSA) is 164 Å². The Morgan fingerprint density at radius 1 is 0.538 bits per heavy atom. The van der Waals surface area contributed by atoms with Crippen LogP contribution in [0.2, 0.25) is 0 Å². The van der Waals surface area contributed by atoms with Crippen LogP contribution in [0.5, 0.6) is 23.0 Å². The molecule has 16 heteroatoms. The zero-order chi connectivity index (χ0) is 54.0. The first-order chi connectivity index (χ1) is 38.2. The highest BCUT2D eigenvalue weighted by molar-refractivity contribution is 6.06. The Bertz CT molecular complexity index is 2890. The maximum Gasteiger partial charge on any atom is 0.259 e. The van der Waals surface area contributed by atoms with Gasteiger partial charge in [0.1, 0.15) is 38.1 Å². The van der Waals surface area contributed by atoms with E-state index in [9.17, 15) is 20.1 Å². The maximum absolute atomic E-state index is 14.0. The Kier molecular flexibility index (Phi) is 17.0. The van der Waals surface area contributed by atoms with E-state index in [-0.39, 0.29) is 29.8 Å². The van der Waals surface area contributed by atoms with Crippen molar-refractivity contribution in [2.75, 3.05) is 111 Å². The van der Waals surface area contributed by atoms with Gasteiger partial charge in [0.25, 0.3) is 11.8 Å². The molecule has 4 aromatic carbocycles. The third-order valence-electron chi connectivity index (χ3n) is 15.6. The predicted molar refractivity (Wildman–Crippen MR) is 301 cm³/mol. The van der Waals surface area contributed by atoms with E-state index >= 15 is 0 Å². The molecule has 4 aliphatic rings. The third kappa shape index (κ3) is 11.7. The summed E-state index contributed by atoms with van der Waals surface area (Å²) in [5.74, 6) is 3.98. The van der Waals surface area contributed by atoms with Crippen molar-refractivity contribution in [1.29, 1.82) is 10.5 Å². The van der Waals surface area contributed by atoms with E-state index in [0.717, 1.165) is 124 Å². The summed E-state index contributed by atoms with van der Waals surface area (Å²) in [6.45, 7) is 15.5. The first kappa shape index (κ1) is 53.2. The molecule has 2 amide bonds. The van der Waals surface area contributed by atoms with E-state index in [1.165, 1.54) is 0 Å². The van der Waals surface area contributed by atoms with Crippen LogP contribution in [0.25, 0.3) is 0 Å². The highest BCUT2D eigenvalue weighted by atomic mass is 16.6. The van der Waals surface area contributed by atoms with Crippen LogP contribution in [0.15, 0.2) is 122 Å². The quantitative estimate of drug-likeness (QED) is 0.0749. The molecular weight excluding hydrogens is 981 g/mol. The Morgan fingerprint density at radius 2 is 0.949 bits per heavy atom. The second kappa shape index (κ2) is 24.9. The number of rotatable bonds is 18. The molecule has 6 aromatic rings. The number of anilines is 4. The molecule has 4 aliphatic heterocycles. The number of carbonyl (C=O) groups is 2. The Hall–Kier alpha value is -8.18. The highest BCUT2D eigenvalue weighted by Gasteiger charge is 2.35. The first-order valence-corrected chi connectivity index (χ1v) is 27.5. The number of carbonyl (C=O) groups excluding carboxylic acids is 2. The zero-order valence-electron chi connectivity index (χ0n) is 44.9.